The molecule has 0 bridgehead atoms. The molecule has 3 rings (SSSR count). The van der Waals surface area contributed by atoms with Crippen LogP contribution in [0.5, 0.6) is 0 Å². The monoisotopic (exact) mass is 307 g/mol. The first-order valence-corrected chi connectivity index (χ1v) is 9.00. The van der Waals surface area contributed by atoms with Crippen molar-refractivity contribution in [3.63, 3.8) is 0 Å². The van der Waals surface area contributed by atoms with E-state index in [4.69, 9.17) is 0 Å². The summed E-state index contributed by atoms with van der Waals surface area (Å²) in [6, 6.07) is 17.9. The molecule has 1 nitrogen and oxygen atoms in total. The fourth-order valence-corrected chi connectivity index (χ4v) is 3.49. The Hall–Kier alpha value is -1.60. The van der Waals surface area contributed by atoms with Gasteiger partial charge in [0.2, 0.25) is 0 Å². The summed E-state index contributed by atoms with van der Waals surface area (Å²) >= 11 is 0. The summed E-state index contributed by atoms with van der Waals surface area (Å²) in [5.74, 6) is 0.925. The molecule has 1 heteroatoms. The average molecular weight is 307 g/mol. The Bertz CT molecular complexity index is 611. The van der Waals surface area contributed by atoms with Gasteiger partial charge < -0.3 is 4.90 Å². The Kier molecular flexibility index (Phi) is 5.51. The van der Waals surface area contributed by atoms with Gasteiger partial charge in [-0.3, -0.25) is 0 Å². The van der Waals surface area contributed by atoms with Gasteiger partial charge in [0, 0.05) is 6.54 Å². The van der Waals surface area contributed by atoms with Gasteiger partial charge in [-0.2, -0.15) is 0 Å². The normalized spacial score (nSPS) is 14.9. The molecule has 0 atom stereocenters. The number of nitrogens with zero attached hydrogens (tertiary/aromatic N) is 1. The van der Waals surface area contributed by atoms with Crippen LogP contribution in [-0.2, 0) is 19.3 Å². The summed E-state index contributed by atoms with van der Waals surface area (Å²) in [5.41, 5.74) is 6.15. The van der Waals surface area contributed by atoms with E-state index in [1.165, 1.54) is 31.2 Å². The van der Waals surface area contributed by atoms with Gasteiger partial charge in [0.25, 0.3) is 0 Å². The van der Waals surface area contributed by atoms with Crippen molar-refractivity contribution in [1.29, 1.82) is 0 Å². The number of benzene rings is 2. The van der Waals surface area contributed by atoms with E-state index in [1.807, 2.05) is 0 Å². The van der Waals surface area contributed by atoms with E-state index in [-0.39, 0.29) is 0 Å². The van der Waals surface area contributed by atoms with Crippen LogP contribution >= 0.6 is 0 Å². The molecule has 0 N–H and O–H groups in total. The van der Waals surface area contributed by atoms with Gasteiger partial charge in [-0.25, -0.2) is 0 Å². The second-order valence-electron chi connectivity index (χ2n) is 7.27. The standard InChI is InChI=1S/C22H29N/c1-23(2)15-14-20-12-7-13-21(16-18-10-6-11-18)22(20)17-19-8-4-3-5-9-19/h3-5,7-9,12-13,18H,6,10-11,14-17H2,1-2H3. The molecule has 2 aromatic carbocycles. The van der Waals surface area contributed by atoms with Crippen LogP contribution in [0.15, 0.2) is 48.5 Å². The molecular weight excluding hydrogens is 278 g/mol. The van der Waals surface area contributed by atoms with Crippen LogP contribution in [-0.4, -0.2) is 25.5 Å². The Labute approximate surface area is 141 Å². The molecular formula is C22H29N. The van der Waals surface area contributed by atoms with Crippen LogP contribution in [0.3, 0.4) is 0 Å². The summed E-state index contributed by atoms with van der Waals surface area (Å²) in [6.07, 6.45) is 7.77. The maximum Gasteiger partial charge on any atom is 0.00158 e. The van der Waals surface area contributed by atoms with Crippen LogP contribution in [0.2, 0.25) is 0 Å². The van der Waals surface area contributed by atoms with Gasteiger partial charge >= 0.3 is 0 Å². The number of rotatable bonds is 7. The van der Waals surface area contributed by atoms with Crippen molar-refractivity contribution in [2.24, 2.45) is 5.92 Å². The van der Waals surface area contributed by atoms with Crippen molar-refractivity contribution in [3.8, 4) is 0 Å². The molecule has 0 radical (unpaired) electrons. The lowest BCUT2D eigenvalue weighted by Crippen LogP contribution is -2.18. The zero-order chi connectivity index (χ0) is 16.1. The van der Waals surface area contributed by atoms with Crippen LogP contribution in [0, 0.1) is 5.92 Å². The first kappa shape index (κ1) is 16.3. The van der Waals surface area contributed by atoms with Crippen molar-refractivity contribution in [2.45, 2.75) is 38.5 Å². The van der Waals surface area contributed by atoms with Crippen LogP contribution in [0.25, 0.3) is 0 Å². The van der Waals surface area contributed by atoms with Crippen LogP contribution in [0.1, 0.15) is 41.5 Å². The molecule has 2 aromatic rings. The van der Waals surface area contributed by atoms with Crippen molar-refractivity contribution in [1.82, 2.24) is 4.90 Å². The third-order valence-corrected chi connectivity index (χ3v) is 5.16. The van der Waals surface area contributed by atoms with E-state index >= 15 is 0 Å². The van der Waals surface area contributed by atoms with Gasteiger partial charge in [-0.05, 0) is 61.5 Å². The summed E-state index contributed by atoms with van der Waals surface area (Å²) < 4.78 is 0. The van der Waals surface area contributed by atoms with Crippen LogP contribution < -0.4 is 0 Å². The van der Waals surface area contributed by atoms with E-state index in [2.05, 4.69) is 67.5 Å². The topological polar surface area (TPSA) is 3.24 Å². The van der Waals surface area contributed by atoms with Crippen molar-refractivity contribution < 1.29 is 0 Å². The lowest BCUT2D eigenvalue weighted by Gasteiger charge is -2.27. The third kappa shape index (κ3) is 4.45. The summed E-state index contributed by atoms with van der Waals surface area (Å²) in [4.78, 5) is 2.28. The van der Waals surface area contributed by atoms with E-state index < -0.39 is 0 Å². The van der Waals surface area contributed by atoms with Gasteiger partial charge in [-0.15, -0.1) is 0 Å². The molecule has 0 aliphatic heterocycles. The van der Waals surface area contributed by atoms with Gasteiger partial charge in [0.05, 0.1) is 0 Å². The first-order valence-electron chi connectivity index (χ1n) is 9.00. The minimum Gasteiger partial charge on any atom is -0.309 e. The van der Waals surface area contributed by atoms with Gasteiger partial charge in [-0.1, -0.05) is 67.8 Å². The lowest BCUT2D eigenvalue weighted by atomic mass is 9.79. The predicted molar refractivity (Wildman–Crippen MR) is 99.0 cm³/mol. The summed E-state index contributed by atoms with van der Waals surface area (Å²) in [6.45, 7) is 1.12. The van der Waals surface area contributed by atoms with E-state index in [9.17, 15) is 0 Å². The average Bonchev–Trinajstić information content (AvgIpc) is 2.51. The van der Waals surface area contributed by atoms with Crippen LogP contribution in [0.4, 0.5) is 0 Å². The minimum absolute atomic E-state index is 0.925. The number of hydrogen-bond donors (Lipinski definition) is 0. The Morgan fingerprint density at radius 1 is 0.913 bits per heavy atom. The van der Waals surface area contributed by atoms with E-state index in [0.29, 0.717) is 0 Å². The Morgan fingerprint density at radius 3 is 2.30 bits per heavy atom. The highest BCUT2D eigenvalue weighted by Gasteiger charge is 2.20. The van der Waals surface area contributed by atoms with Gasteiger partial charge in [0.15, 0.2) is 0 Å². The zero-order valence-electron chi connectivity index (χ0n) is 14.6. The first-order chi connectivity index (χ1) is 11.2. The summed E-state index contributed by atoms with van der Waals surface area (Å²) in [5, 5.41) is 0. The maximum atomic E-state index is 2.37. The molecule has 0 spiro atoms. The van der Waals surface area contributed by atoms with Crippen molar-refractivity contribution in [2.75, 3.05) is 20.6 Å². The minimum atomic E-state index is 0.925. The predicted octanol–water partition coefficient (Wildman–Crippen LogP) is 4.72. The molecule has 122 valence electrons. The fraction of sp³-hybridized carbons (Fsp3) is 0.455. The molecule has 0 saturated heterocycles. The molecule has 0 heterocycles. The molecule has 0 amide bonds. The van der Waals surface area contributed by atoms with Crippen molar-refractivity contribution >= 4 is 0 Å². The molecule has 0 aromatic heterocycles. The zero-order valence-corrected chi connectivity index (χ0v) is 14.6. The van der Waals surface area contributed by atoms with E-state index in [1.54, 1.807) is 16.7 Å². The third-order valence-electron chi connectivity index (χ3n) is 5.16. The number of hydrogen-bond acceptors (Lipinski definition) is 1. The second kappa shape index (κ2) is 7.79. The lowest BCUT2D eigenvalue weighted by molar-refractivity contribution is 0.314. The molecule has 1 aliphatic carbocycles. The number of likely N-dealkylation sites (N-methyl/N-ethyl adjacent to an activating group) is 1. The highest BCUT2D eigenvalue weighted by molar-refractivity contribution is 5.40. The fourth-order valence-electron chi connectivity index (χ4n) is 3.49. The van der Waals surface area contributed by atoms with Gasteiger partial charge in [0.1, 0.15) is 0 Å². The highest BCUT2D eigenvalue weighted by atomic mass is 15.0. The molecule has 1 fully saturated rings. The highest BCUT2D eigenvalue weighted by Crippen LogP contribution is 2.32. The maximum absolute atomic E-state index is 2.37. The SMILES string of the molecule is CN(C)CCc1cccc(CC2CCC2)c1Cc1ccccc1. The Morgan fingerprint density at radius 2 is 1.65 bits per heavy atom. The molecule has 0 unspecified atom stereocenters. The smallest absolute Gasteiger partial charge is 0.00158 e. The second-order valence-corrected chi connectivity index (χ2v) is 7.27. The molecule has 1 saturated carbocycles. The summed E-state index contributed by atoms with van der Waals surface area (Å²) in [7, 11) is 4.32. The van der Waals surface area contributed by atoms with E-state index in [0.717, 1.165) is 25.3 Å². The quantitative estimate of drug-likeness (QED) is 0.715. The largest absolute Gasteiger partial charge is 0.309 e. The van der Waals surface area contributed by atoms with Crippen molar-refractivity contribution in [3.05, 3.63) is 70.8 Å². The molecule has 1 aliphatic rings. The Balaban J connectivity index is 1.86. The molecule has 23 heavy (non-hydrogen) atoms.